The summed E-state index contributed by atoms with van der Waals surface area (Å²) in [4.78, 5) is 0. The predicted molar refractivity (Wildman–Crippen MR) is 54.3 cm³/mol. The van der Waals surface area contributed by atoms with E-state index in [-0.39, 0.29) is 0 Å². The molecule has 0 amide bonds. The molecule has 0 spiro atoms. The summed E-state index contributed by atoms with van der Waals surface area (Å²) in [5.41, 5.74) is 0. The highest BCUT2D eigenvalue weighted by atomic mass is 14.9. The van der Waals surface area contributed by atoms with E-state index in [0.29, 0.717) is 0 Å². The molecule has 0 saturated carbocycles. The molecule has 2 atom stereocenters. The summed E-state index contributed by atoms with van der Waals surface area (Å²) in [5.74, 6) is 1.73. The second kappa shape index (κ2) is 4.86. The zero-order chi connectivity index (χ0) is 8.97. The highest BCUT2D eigenvalue weighted by molar-refractivity contribution is 4.76. The van der Waals surface area contributed by atoms with Crippen molar-refractivity contribution in [3.63, 3.8) is 0 Å². The Kier molecular flexibility index (Phi) is 4.07. The Hall–Kier alpha value is -0.0400. The molecule has 1 heterocycles. The average Bonchev–Trinajstić information content (AvgIpc) is 1.96. The molecule has 0 aromatic carbocycles. The van der Waals surface area contributed by atoms with Gasteiger partial charge in [-0.15, -0.1) is 0 Å². The van der Waals surface area contributed by atoms with Gasteiger partial charge in [0.15, 0.2) is 0 Å². The Balaban J connectivity index is 2.43. The van der Waals surface area contributed by atoms with Gasteiger partial charge in [-0.05, 0) is 38.1 Å². The van der Waals surface area contributed by atoms with Crippen molar-refractivity contribution in [1.82, 2.24) is 5.32 Å². The van der Waals surface area contributed by atoms with Crippen molar-refractivity contribution in [2.45, 2.75) is 52.5 Å². The molecule has 1 aliphatic rings. The van der Waals surface area contributed by atoms with Crippen LogP contribution < -0.4 is 5.32 Å². The fraction of sp³-hybridized carbons (Fsp3) is 1.00. The molecule has 0 aromatic heterocycles. The van der Waals surface area contributed by atoms with Crippen LogP contribution in [0.3, 0.4) is 0 Å². The van der Waals surface area contributed by atoms with Crippen LogP contribution in [0.2, 0.25) is 0 Å². The minimum atomic E-state index is 0.727. The molecule has 12 heavy (non-hydrogen) atoms. The molecule has 72 valence electrons. The minimum Gasteiger partial charge on any atom is -0.314 e. The standard InChI is InChI=1S/C11H23N/c1-9(2)11-7-5-4-6-8-12-10(11)3/h9-12H,4-8H2,1-3H3. The van der Waals surface area contributed by atoms with Gasteiger partial charge in [-0.3, -0.25) is 0 Å². The lowest BCUT2D eigenvalue weighted by atomic mass is 9.84. The smallest absolute Gasteiger partial charge is 0.00694 e. The molecular formula is C11H23N. The van der Waals surface area contributed by atoms with Crippen LogP contribution in [-0.4, -0.2) is 12.6 Å². The highest BCUT2D eigenvalue weighted by Crippen LogP contribution is 2.23. The molecule has 2 unspecified atom stereocenters. The second-order valence-corrected chi connectivity index (χ2v) is 4.50. The lowest BCUT2D eigenvalue weighted by molar-refractivity contribution is 0.251. The van der Waals surface area contributed by atoms with Crippen LogP contribution in [0.1, 0.15) is 46.5 Å². The van der Waals surface area contributed by atoms with Crippen LogP contribution in [0.15, 0.2) is 0 Å². The Bertz CT molecular complexity index is 120. The summed E-state index contributed by atoms with van der Waals surface area (Å²) >= 11 is 0. The maximum Gasteiger partial charge on any atom is 0.00694 e. The number of nitrogens with one attached hydrogen (secondary N) is 1. The summed E-state index contributed by atoms with van der Waals surface area (Å²) in [6.45, 7) is 8.27. The molecule has 1 saturated heterocycles. The zero-order valence-electron chi connectivity index (χ0n) is 8.77. The Morgan fingerprint density at radius 2 is 1.92 bits per heavy atom. The van der Waals surface area contributed by atoms with Crippen molar-refractivity contribution in [3.05, 3.63) is 0 Å². The van der Waals surface area contributed by atoms with Crippen molar-refractivity contribution in [2.75, 3.05) is 6.54 Å². The van der Waals surface area contributed by atoms with E-state index in [0.717, 1.165) is 17.9 Å². The van der Waals surface area contributed by atoms with Crippen LogP contribution in [0.25, 0.3) is 0 Å². The summed E-state index contributed by atoms with van der Waals surface area (Å²) in [7, 11) is 0. The highest BCUT2D eigenvalue weighted by Gasteiger charge is 2.20. The van der Waals surface area contributed by atoms with Gasteiger partial charge in [0, 0.05) is 6.04 Å². The number of rotatable bonds is 1. The summed E-state index contributed by atoms with van der Waals surface area (Å²) < 4.78 is 0. The Morgan fingerprint density at radius 1 is 1.17 bits per heavy atom. The second-order valence-electron chi connectivity index (χ2n) is 4.50. The third-order valence-electron chi connectivity index (χ3n) is 3.18. The van der Waals surface area contributed by atoms with Gasteiger partial charge in [0.2, 0.25) is 0 Å². The van der Waals surface area contributed by atoms with Gasteiger partial charge in [-0.1, -0.05) is 26.7 Å². The molecule has 1 N–H and O–H groups in total. The van der Waals surface area contributed by atoms with Gasteiger partial charge < -0.3 is 5.32 Å². The van der Waals surface area contributed by atoms with Crippen molar-refractivity contribution in [3.8, 4) is 0 Å². The normalized spacial score (nSPS) is 33.0. The molecule has 0 radical (unpaired) electrons. The maximum atomic E-state index is 3.62. The van der Waals surface area contributed by atoms with Gasteiger partial charge >= 0.3 is 0 Å². The van der Waals surface area contributed by atoms with E-state index in [9.17, 15) is 0 Å². The SMILES string of the molecule is CC(C)C1CCCCCNC1C. The molecule has 1 fully saturated rings. The van der Waals surface area contributed by atoms with Crippen molar-refractivity contribution in [2.24, 2.45) is 11.8 Å². The maximum absolute atomic E-state index is 3.62. The van der Waals surface area contributed by atoms with Crippen molar-refractivity contribution >= 4 is 0 Å². The van der Waals surface area contributed by atoms with E-state index in [4.69, 9.17) is 0 Å². The van der Waals surface area contributed by atoms with Crippen LogP contribution in [0.4, 0.5) is 0 Å². The van der Waals surface area contributed by atoms with Gasteiger partial charge in [-0.2, -0.15) is 0 Å². The molecule has 1 aliphatic heterocycles. The molecule has 0 bridgehead atoms. The topological polar surface area (TPSA) is 12.0 Å². The fourth-order valence-corrected chi connectivity index (χ4v) is 2.32. The van der Waals surface area contributed by atoms with E-state index < -0.39 is 0 Å². The summed E-state index contributed by atoms with van der Waals surface area (Å²) in [6, 6.07) is 0.727. The van der Waals surface area contributed by atoms with Crippen molar-refractivity contribution < 1.29 is 0 Å². The first-order chi connectivity index (χ1) is 5.72. The van der Waals surface area contributed by atoms with Crippen LogP contribution in [0.5, 0.6) is 0 Å². The first kappa shape index (κ1) is 10.0. The quantitative estimate of drug-likeness (QED) is 0.636. The van der Waals surface area contributed by atoms with E-state index in [1.54, 1.807) is 0 Å². The van der Waals surface area contributed by atoms with E-state index in [1.807, 2.05) is 0 Å². The number of hydrogen-bond donors (Lipinski definition) is 1. The molecule has 0 aliphatic carbocycles. The van der Waals surface area contributed by atoms with Gasteiger partial charge in [0.1, 0.15) is 0 Å². The minimum absolute atomic E-state index is 0.727. The number of hydrogen-bond acceptors (Lipinski definition) is 1. The average molecular weight is 169 g/mol. The third kappa shape index (κ3) is 2.78. The fourth-order valence-electron chi connectivity index (χ4n) is 2.32. The summed E-state index contributed by atoms with van der Waals surface area (Å²) in [6.07, 6.45) is 5.65. The molecule has 1 nitrogen and oxygen atoms in total. The Morgan fingerprint density at radius 3 is 2.58 bits per heavy atom. The first-order valence-electron chi connectivity index (χ1n) is 5.45. The van der Waals surface area contributed by atoms with Gasteiger partial charge in [-0.25, -0.2) is 0 Å². The monoisotopic (exact) mass is 169 g/mol. The largest absolute Gasteiger partial charge is 0.314 e. The Labute approximate surface area is 76.9 Å². The van der Waals surface area contributed by atoms with Gasteiger partial charge in [0.05, 0.1) is 0 Å². The van der Waals surface area contributed by atoms with Gasteiger partial charge in [0.25, 0.3) is 0 Å². The van der Waals surface area contributed by atoms with Crippen molar-refractivity contribution in [1.29, 1.82) is 0 Å². The van der Waals surface area contributed by atoms with E-state index in [1.165, 1.54) is 32.2 Å². The molecular weight excluding hydrogens is 146 g/mol. The molecule has 0 aromatic rings. The molecule has 1 rings (SSSR count). The third-order valence-corrected chi connectivity index (χ3v) is 3.18. The van der Waals surface area contributed by atoms with E-state index in [2.05, 4.69) is 26.1 Å². The summed E-state index contributed by atoms with van der Waals surface area (Å²) in [5, 5.41) is 3.62. The zero-order valence-corrected chi connectivity index (χ0v) is 8.77. The first-order valence-corrected chi connectivity index (χ1v) is 5.45. The van der Waals surface area contributed by atoms with Crippen LogP contribution >= 0.6 is 0 Å². The lowest BCUT2D eigenvalue weighted by Crippen LogP contribution is -2.37. The van der Waals surface area contributed by atoms with E-state index >= 15 is 0 Å². The van der Waals surface area contributed by atoms with Crippen LogP contribution in [0, 0.1) is 11.8 Å². The predicted octanol–water partition coefficient (Wildman–Crippen LogP) is 2.81. The van der Waals surface area contributed by atoms with Crippen LogP contribution in [-0.2, 0) is 0 Å². The lowest BCUT2D eigenvalue weighted by Gasteiger charge is -2.30. The molecule has 1 heteroatoms.